The molecule has 1 saturated heterocycles. The lowest BCUT2D eigenvalue weighted by atomic mass is 10.1. The molecular formula is C14H15N5O3S. The smallest absolute Gasteiger partial charge is 0.326 e. The molecule has 0 saturated carbocycles. The van der Waals surface area contributed by atoms with Gasteiger partial charge in [0, 0.05) is 20.6 Å². The lowest BCUT2D eigenvalue weighted by Gasteiger charge is -2.15. The number of benzene rings is 1. The van der Waals surface area contributed by atoms with Crippen molar-refractivity contribution >= 4 is 40.6 Å². The lowest BCUT2D eigenvalue weighted by molar-refractivity contribution is -0.131. The second-order valence-corrected chi connectivity index (χ2v) is 5.90. The van der Waals surface area contributed by atoms with Crippen molar-refractivity contribution in [1.82, 2.24) is 23.9 Å². The highest BCUT2D eigenvalue weighted by atomic mass is 32.1. The van der Waals surface area contributed by atoms with Crippen molar-refractivity contribution < 1.29 is 14.4 Å². The van der Waals surface area contributed by atoms with Gasteiger partial charge in [0.15, 0.2) is 0 Å². The van der Waals surface area contributed by atoms with Gasteiger partial charge in [0.25, 0.3) is 5.91 Å². The van der Waals surface area contributed by atoms with Gasteiger partial charge in [0.1, 0.15) is 17.1 Å². The Balaban J connectivity index is 1.59. The quantitative estimate of drug-likeness (QED) is 0.826. The fraction of sp³-hybridized carbons (Fsp3) is 0.357. The molecule has 1 atom stereocenters. The maximum Gasteiger partial charge on any atom is 0.326 e. The van der Waals surface area contributed by atoms with Crippen molar-refractivity contribution in [3.8, 4) is 0 Å². The van der Waals surface area contributed by atoms with Crippen LogP contribution in [-0.4, -0.2) is 56.5 Å². The molecule has 2 aromatic rings. The lowest BCUT2D eigenvalue weighted by Crippen LogP contribution is -2.37. The van der Waals surface area contributed by atoms with E-state index in [2.05, 4.69) is 14.1 Å². The molecule has 1 aromatic heterocycles. The zero-order valence-corrected chi connectivity index (χ0v) is 13.5. The number of amides is 4. The van der Waals surface area contributed by atoms with Gasteiger partial charge in [-0.25, -0.2) is 4.79 Å². The summed E-state index contributed by atoms with van der Waals surface area (Å²) in [5.74, 6) is -0.641. The number of likely N-dealkylation sites (N-methyl/N-ethyl adjacent to an activating group) is 2. The van der Waals surface area contributed by atoms with Gasteiger partial charge in [0.2, 0.25) is 5.91 Å². The van der Waals surface area contributed by atoms with Crippen molar-refractivity contribution in [2.75, 3.05) is 14.1 Å². The van der Waals surface area contributed by atoms with E-state index in [1.54, 1.807) is 0 Å². The Labute approximate surface area is 136 Å². The molecule has 23 heavy (non-hydrogen) atoms. The van der Waals surface area contributed by atoms with Crippen LogP contribution in [0.25, 0.3) is 11.0 Å². The number of fused-ring (bicyclic) bond motifs is 1. The standard InChI is InChI=1S/C14H15N5O3S/c1-18-11(13(21)19(2)14(18)22)6-12(20)15-7-8-3-4-9-10(5-8)17-23-16-9/h3-5,11H,6-7H2,1-2H3,(H,15,20). The van der Waals surface area contributed by atoms with Gasteiger partial charge in [-0.1, -0.05) is 6.07 Å². The van der Waals surface area contributed by atoms with E-state index in [4.69, 9.17) is 0 Å². The number of nitrogens with one attached hydrogen (secondary N) is 1. The van der Waals surface area contributed by atoms with Crippen LogP contribution in [0.2, 0.25) is 0 Å². The van der Waals surface area contributed by atoms with Crippen molar-refractivity contribution in [2.45, 2.75) is 19.0 Å². The molecule has 9 heteroatoms. The molecule has 1 aliphatic rings. The van der Waals surface area contributed by atoms with E-state index in [9.17, 15) is 14.4 Å². The summed E-state index contributed by atoms with van der Waals surface area (Å²) in [7, 11) is 2.93. The molecule has 1 aromatic carbocycles. The third kappa shape index (κ3) is 2.87. The number of imide groups is 1. The predicted molar refractivity (Wildman–Crippen MR) is 83.6 cm³/mol. The normalized spacial score (nSPS) is 18.1. The maximum absolute atomic E-state index is 12.0. The Morgan fingerprint density at radius 1 is 1.26 bits per heavy atom. The van der Waals surface area contributed by atoms with E-state index in [0.29, 0.717) is 6.54 Å². The van der Waals surface area contributed by atoms with Gasteiger partial charge in [-0.2, -0.15) is 8.75 Å². The second kappa shape index (κ2) is 5.92. The summed E-state index contributed by atoms with van der Waals surface area (Å²) in [5, 5.41) is 2.76. The molecule has 1 unspecified atom stereocenters. The summed E-state index contributed by atoms with van der Waals surface area (Å²) in [6.45, 7) is 0.334. The van der Waals surface area contributed by atoms with Gasteiger partial charge in [-0.3, -0.25) is 14.5 Å². The average molecular weight is 333 g/mol. The Morgan fingerprint density at radius 3 is 2.70 bits per heavy atom. The molecule has 4 amide bonds. The van der Waals surface area contributed by atoms with Crippen LogP contribution >= 0.6 is 11.7 Å². The molecule has 8 nitrogen and oxygen atoms in total. The fourth-order valence-electron chi connectivity index (χ4n) is 2.46. The van der Waals surface area contributed by atoms with Crippen molar-refractivity contribution in [3.63, 3.8) is 0 Å². The topological polar surface area (TPSA) is 95.5 Å². The first-order valence-electron chi connectivity index (χ1n) is 6.99. The Hall–Kier alpha value is -2.55. The van der Waals surface area contributed by atoms with Crippen LogP contribution in [-0.2, 0) is 16.1 Å². The second-order valence-electron chi connectivity index (χ2n) is 5.37. The largest absolute Gasteiger partial charge is 0.352 e. The highest BCUT2D eigenvalue weighted by Crippen LogP contribution is 2.17. The van der Waals surface area contributed by atoms with Crippen molar-refractivity contribution in [1.29, 1.82) is 0 Å². The van der Waals surface area contributed by atoms with E-state index < -0.39 is 12.1 Å². The first-order valence-corrected chi connectivity index (χ1v) is 7.72. The maximum atomic E-state index is 12.0. The minimum absolute atomic E-state index is 0.0497. The number of rotatable bonds is 4. The first kappa shape index (κ1) is 15.3. The third-order valence-electron chi connectivity index (χ3n) is 3.86. The van der Waals surface area contributed by atoms with Crippen LogP contribution in [0, 0.1) is 0 Å². The van der Waals surface area contributed by atoms with Crippen LogP contribution in [0.5, 0.6) is 0 Å². The van der Waals surface area contributed by atoms with Crippen LogP contribution < -0.4 is 5.32 Å². The minimum atomic E-state index is -0.738. The molecule has 0 radical (unpaired) electrons. The van der Waals surface area contributed by atoms with Crippen LogP contribution in [0.4, 0.5) is 4.79 Å². The van der Waals surface area contributed by atoms with Crippen molar-refractivity contribution in [2.24, 2.45) is 0 Å². The summed E-state index contributed by atoms with van der Waals surface area (Å²) in [6.07, 6.45) is -0.0497. The molecule has 1 fully saturated rings. The van der Waals surface area contributed by atoms with E-state index >= 15 is 0 Å². The minimum Gasteiger partial charge on any atom is -0.352 e. The summed E-state index contributed by atoms with van der Waals surface area (Å²) < 4.78 is 8.27. The number of nitrogens with zero attached hydrogens (tertiary/aromatic N) is 4. The Morgan fingerprint density at radius 2 is 2.00 bits per heavy atom. The summed E-state index contributed by atoms with van der Waals surface area (Å²) in [5.41, 5.74) is 2.52. The molecule has 1 aliphatic heterocycles. The molecule has 0 bridgehead atoms. The molecule has 120 valence electrons. The highest BCUT2D eigenvalue weighted by molar-refractivity contribution is 7.00. The Bertz CT molecular complexity index is 790. The van der Waals surface area contributed by atoms with E-state index in [1.807, 2.05) is 18.2 Å². The van der Waals surface area contributed by atoms with Gasteiger partial charge in [-0.05, 0) is 17.7 Å². The first-order chi connectivity index (χ1) is 11.0. The van der Waals surface area contributed by atoms with Gasteiger partial charge >= 0.3 is 6.03 Å². The fourth-order valence-corrected chi connectivity index (χ4v) is 2.98. The van der Waals surface area contributed by atoms with Gasteiger partial charge < -0.3 is 10.2 Å². The predicted octanol–water partition coefficient (Wildman–Crippen LogP) is 0.590. The number of carbonyl (C=O) groups is 3. The highest BCUT2D eigenvalue weighted by Gasteiger charge is 2.41. The summed E-state index contributed by atoms with van der Waals surface area (Å²) in [6, 6.07) is 4.45. The van der Waals surface area contributed by atoms with E-state index in [1.165, 1.54) is 19.0 Å². The van der Waals surface area contributed by atoms with Gasteiger partial charge in [0.05, 0.1) is 18.1 Å². The van der Waals surface area contributed by atoms with Crippen LogP contribution in [0.1, 0.15) is 12.0 Å². The number of carbonyl (C=O) groups excluding carboxylic acids is 3. The monoisotopic (exact) mass is 333 g/mol. The molecular weight excluding hydrogens is 318 g/mol. The third-order valence-corrected chi connectivity index (χ3v) is 4.42. The van der Waals surface area contributed by atoms with Crippen LogP contribution in [0.15, 0.2) is 18.2 Å². The molecule has 0 spiro atoms. The van der Waals surface area contributed by atoms with E-state index in [0.717, 1.165) is 33.2 Å². The molecule has 2 heterocycles. The summed E-state index contributed by atoms with van der Waals surface area (Å²) >= 11 is 1.14. The number of hydrogen-bond acceptors (Lipinski definition) is 6. The molecule has 0 aliphatic carbocycles. The summed E-state index contributed by atoms with van der Waals surface area (Å²) in [4.78, 5) is 38.0. The van der Waals surface area contributed by atoms with Gasteiger partial charge in [-0.15, -0.1) is 0 Å². The zero-order chi connectivity index (χ0) is 16.6. The Kier molecular flexibility index (Phi) is 3.95. The SMILES string of the molecule is CN1C(=O)C(CC(=O)NCc2ccc3nsnc3c2)N(C)C1=O. The molecule has 3 rings (SSSR count). The number of aromatic nitrogens is 2. The van der Waals surface area contributed by atoms with E-state index in [-0.39, 0.29) is 18.2 Å². The zero-order valence-electron chi connectivity index (χ0n) is 12.6. The molecule has 1 N–H and O–H groups in total. The van der Waals surface area contributed by atoms with Crippen LogP contribution in [0.3, 0.4) is 0 Å². The average Bonchev–Trinajstić information content (AvgIpc) is 3.08. The number of urea groups is 1. The number of hydrogen-bond donors (Lipinski definition) is 1. The van der Waals surface area contributed by atoms with Crippen molar-refractivity contribution in [3.05, 3.63) is 23.8 Å².